The van der Waals surface area contributed by atoms with E-state index in [-0.39, 0.29) is 17.9 Å². The van der Waals surface area contributed by atoms with E-state index in [1.54, 1.807) is 13.0 Å². The SMILES string of the molecule is Cc1ocnc1C(=O)N[C@@H]1C[C@@H](Oc2cccc(F)c2)[C@H](O)[C@H]1O. The lowest BCUT2D eigenvalue weighted by Crippen LogP contribution is -2.43. The highest BCUT2D eigenvalue weighted by atomic mass is 19.1. The lowest BCUT2D eigenvalue weighted by atomic mass is 10.2. The van der Waals surface area contributed by atoms with Crippen molar-refractivity contribution in [1.29, 1.82) is 0 Å². The Labute approximate surface area is 137 Å². The highest BCUT2D eigenvalue weighted by Gasteiger charge is 2.44. The van der Waals surface area contributed by atoms with Crippen LogP contribution in [0.15, 0.2) is 35.1 Å². The summed E-state index contributed by atoms with van der Waals surface area (Å²) in [4.78, 5) is 15.9. The molecular formula is C16H17FN2O5. The minimum atomic E-state index is -1.21. The maximum atomic E-state index is 13.2. The molecule has 2 aromatic rings. The molecule has 0 spiro atoms. The summed E-state index contributed by atoms with van der Waals surface area (Å²) in [5, 5.41) is 22.8. The molecule has 0 aliphatic heterocycles. The van der Waals surface area contributed by atoms with Gasteiger partial charge in [-0.3, -0.25) is 4.79 Å². The Morgan fingerprint density at radius 1 is 1.42 bits per heavy atom. The number of oxazole rings is 1. The van der Waals surface area contributed by atoms with Crippen molar-refractivity contribution in [1.82, 2.24) is 10.3 Å². The second-order valence-corrected chi connectivity index (χ2v) is 5.67. The summed E-state index contributed by atoms with van der Waals surface area (Å²) in [6.45, 7) is 1.59. The van der Waals surface area contributed by atoms with Crippen LogP contribution in [-0.2, 0) is 0 Å². The number of aliphatic hydroxyl groups is 2. The Morgan fingerprint density at radius 2 is 2.21 bits per heavy atom. The molecule has 1 amide bonds. The maximum absolute atomic E-state index is 13.2. The molecule has 1 heterocycles. The van der Waals surface area contributed by atoms with Gasteiger partial charge in [0.15, 0.2) is 12.1 Å². The highest BCUT2D eigenvalue weighted by molar-refractivity contribution is 5.93. The molecule has 0 saturated heterocycles. The van der Waals surface area contributed by atoms with Gasteiger partial charge in [-0.2, -0.15) is 0 Å². The minimum absolute atomic E-state index is 0.117. The molecule has 0 unspecified atom stereocenters. The number of benzene rings is 1. The quantitative estimate of drug-likeness (QED) is 0.763. The molecule has 128 valence electrons. The molecule has 0 bridgehead atoms. The highest BCUT2D eigenvalue weighted by Crippen LogP contribution is 2.26. The number of aromatic nitrogens is 1. The van der Waals surface area contributed by atoms with Gasteiger partial charge in [-0.25, -0.2) is 9.37 Å². The molecule has 1 aromatic heterocycles. The van der Waals surface area contributed by atoms with Crippen molar-refractivity contribution in [2.45, 2.75) is 37.7 Å². The Morgan fingerprint density at radius 3 is 2.88 bits per heavy atom. The van der Waals surface area contributed by atoms with Crippen LogP contribution in [0.5, 0.6) is 5.75 Å². The minimum Gasteiger partial charge on any atom is -0.487 e. The van der Waals surface area contributed by atoms with Gasteiger partial charge in [0.1, 0.15) is 35.6 Å². The number of ether oxygens (including phenoxy) is 1. The van der Waals surface area contributed by atoms with Crippen LogP contribution in [0.25, 0.3) is 0 Å². The van der Waals surface area contributed by atoms with Gasteiger partial charge in [0.05, 0.1) is 6.04 Å². The number of hydrogen-bond donors (Lipinski definition) is 3. The third-order valence-corrected chi connectivity index (χ3v) is 3.99. The number of halogens is 1. The standard InChI is InChI=1S/C16H17FN2O5/c1-8-13(18-7-23-8)16(22)19-11-6-12(15(21)14(11)20)24-10-4-2-3-9(17)5-10/h2-5,7,11-12,14-15,20-21H,6H2,1H3,(H,19,22)/t11-,12-,14+,15+/m1/s1. The second-order valence-electron chi connectivity index (χ2n) is 5.67. The Hall–Kier alpha value is -2.45. The molecule has 1 aromatic carbocycles. The molecule has 3 rings (SSSR count). The van der Waals surface area contributed by atoms with E-state index >= 15 is 0 Å². The maximum Gasteiger partial charge on any atom is 0.273 e. The summed E-state index contributed by atoms with van der Waals surface area (Å²) in [5.74, 6) is -0.380. The number of carbonyl (C=O) groups excluding carboxylic acids is 1. The fourth-order valence-corrected chi connectivity index (χ4v) is 2.72. The average molecular weight is 336 g/mol. The van der Waals surface area contributed by atoms with Crippen LogP contribution >= 0.6 is 0 Å². The van der Waals surface area contributed by atoms with Crippen molar-refractivity contribution in [3.63, 3.8) is 0 Å². The first-order valence-electron chi connectivity index (χ1n) is 7.45. The van der Waals surface area contributed by atoms with E-state index in [1.807, 2.05) is 0 Å². The van der Waals surface area contributed by atoms with E-state index in [9.17, 15) is 19.4 Å². The summed E-state index contributed by atoms with van der Waals surface area (Å²) >= 11 is 0. The molecule has 0 radical (unpaired) electrons. The van der Waals surface area contributed by atoms with Crippen LogP contribution < -0.4 is 10.1 Å². The third-order valence-electron chi connectivity index (χ3n) is 3.99. The van der Waals surface area contributed by atoms with Crippen LogP contribution in [0.1, 0.15) is 22.7 Å². The number of nitrogens with zero attached hydrogens (tertiary/aromatic N) is 1. The van der Waals surface area contributed by atoms with E-state index in [0.29, 0.717) is 5.76 Å². The molecule has 1 fully saturated rings. The van der Waals surface area contributed by atoms with Crippen molar-refractivity contribution in [2.24, 2.45) is 0 Å². The van der Waals surface area contributed by atoms with Gasteiger partial charge in [0.2, 0.25) is 0 Å². The lowest BCUT2D eigenvalue weighted by Gasteiger charge is -2.18. The van der Waals surface area contributed by atoms with E-state index in [2.05, 4.69) is 10.3 Å². The first kappa shape index (κ1) is 16.4. The van der Waals surface area contributed by atoms with Gasteiger partial charge in [-0.15, -0.1) is 0 Å². The normalized spacial score (nSPS) is 26.3. The summed E-state index contributed by atoms with van der Waals surface area (Å²) < 4.78 is 23.7. The van der Waals surface area contributed by atoms with Crippen molar-refractivity contribution < 1.29 is 28.6 Å². The van der Waals surface area contributed by atoms with Crippen molar-refractivity contribution in [3.8, 4) is 5.75 Å². The first-order valence-corrected chi connectivity index (χ1v) is 7.45. The predicted molar refractivity (Wildman–Crippen MR) is 79.9 cm³/mol. The van der Waals surface area contributed by atoms with E-state index in [1.165, 1.54) is 18.2 Å². The van der Waals surface area contributed by atoms with Gasteiger partial charge in [-0.05, 0) is 19.1 Å². The van der Waals surface area contributed by atoms with Gasteiger partial charge in [0.25, 0.3) is 5.91 Å². The van der Waals surface area contributed by atoms with Gasteiger partial charge in [-0.1, -0.05) is 6.07 Å². The number of hydrogen-bond acceptors (Lipinski definition) is 6. The second kappa shape index (κ2) is 6.58. The fraction of sp³-hybridized carbons (Fsp3) is 0.375. The van der Waals surface area contributed by atoms with Gasteiger partial charge >= 0.3 is 0 Å². The number of nitrogens with one attached hydrogen (secondary N) is 1. The van der Waals surface area contributed by atoms with Crippen LogP contribution in [0.2, 0.25) is 0 Å². The van der Waals surface area contributed by atoms with E-state index in [4.69, 9.17) is 9.15 Å². The smallest absolute Gasteiger partial charge is 0.273 e. The van der Waals surface area contributed by atoms with Gasteiger partial charge in [0, 0.05) is 12.5 Å². The van der Waals surface area contributed by atoms with Crippen LogP contribution in [0.3, 0.4) is 0 Å². The summed E-state index contributed by atoms with van der Waals surface area (Å²) in [5.41, 5.74) is 0.117. The molecular weight excluding hydrogens is 319 g/mol. The first-order chi connectivity index (χ1) is 11.5. The van der Waals surface area contributed by atoms with E-state index < -0.39 is 36.1 Å². The zero-order valence-corrected chi connectivity index (χ0v) is 12.8. The molecule has 7 nitrogen and oxygen atoms in total. The lowest BCUT2D eigenvalue weighted by molar-refractivity contribution is -0.0135. The number of aliphatic hydroxyl groups excluding tert-OH is 2. The van der Waals surface area contributed by atoms with Crippen LogP contribution in [-0.4, -0.2) is 45.5 Å². The molecule has 4 atom stereocenters. The summed E-state index contributed by atoms with van der Waals surface area (Å²) in [7, 11) is 0. The molecule has 3 N–H and O–H groups in total. The Kier molecular flexibility index (Phi) is 4.50. The summed E-state index contributed by atoms with van der Waals surface area (Å²) in [6, 6.07) is 4.77. The van der Waals surface area contributed by atoms with Crippen LogP contribution in [0, 0.1) is 12.7 Å². The zero-order chi connectivity index (χ0) is 17.3. The Bertz CT molecular complexity index is 735. The largest absolute Gasteiger partial charge is 0.487 e. The van der Waals surface area contributed by atoms with Crippen LogP contribution in [0.4, 0.5) is 4.39 Å². The monoisotopic (exact) mass is 336 g/mol. The molecule has 1 saturated carbocycles. The van der Waals surface area contributed by atoms with Crippen molar-refractivity contribution in [3.05, 3.63) is 47.9 Å². The fourth-order valence-electron chi connectivity index (χ4n) is 2.72. The van der Waals surface area contributed by atoms with Gasteiger partial charge < -0.3 is 24.7 Å². The number of amides is 1. The number of carbonyl (C=O) groups is 1. The van der Waals surface area contributed by atoms with Crippen molar-refractivity contribution in [2.75, 3.05) is 0 Å². The topological polar surface area (TPSA) is 105 Å². The summed E-state index contributed by atoms with van der Waals surface area (Å²) in [6.07, 6.45) is -1.87. The third kappa shape index (κ3) is 3.24. The molecule has 1 aliphatic rings. The molecule has 24 heavy (non-hydrogen) atoms. The molecule has 8 heteroatoms. The van der Waals surface area contributed by atoms with Crippen molar-refractivity contribution >= 4 is 5.91 Å². The van der Waals surface area contributed by atoms with E-state index in [0.717, 1.165) is 6.39 Å². The number of rotatable bonds is 4. The average Bonchev–Trinajstić information content (AvgIpc) is 3.07. The Balaban J connectivity index is 1.66. The number of aryl methyl sites for hydroxylation is 1. The predicted octanol–water partition coefficient (Wildman–Crippen LogP) is 0.794. The molecule has 1 aliphatic carbocycles. The zero-order valence-electron chi connectivity index (χ0n) is 12.8.